The molecule has 0 aliphatic carbocycles. The summed E-state index contributed by atoms with van der Waals surface area (Å²) in [4.78, 5) is 13.4. The Bertz CT molecular complexity index is 452. The minimum absolute atomic E-state index is 0. The number of aromatic amines is 1. The number of fused-ring (bicyclic) bond motifs is 1. The van der Waals surface area contributed by atoms with Crippen LogP contribution in [0.1, 0.15) is 5.56 Å². The molecule has 0 saturated carbocycles. The Labute approximate surface area is 115 Å². The van der Waals surface area contributed by atoms with Gasteiger partial charge in [-0.15, -0.1) is 6.42 Å². The van der Waals surface area contributed by atoms with Crippen LogP contribution in [-0.4, -0.2) is 11.3 Å². The molecule has 14 heavy (non-hydrogen) atoms. The molecule has 1 heterocycles. The number of halogens is 1. The van der Waals surface area contributed by atoms with Gasteiger partial charge in [-0.1, -0.05) is 15.9 Å². The van der Waals surface area contributed by atoms with Crippen molar-refractivity contribution in [1.29, 1.82) is 0 Å². The third-order valence-corrected chi connectivity index (χ3v) is 2.49. The van der Waals surface area contributed by atoms with Gasteiger partial charge in [-0.2, -0.15) is 0 Å². The standard InChI is InChI=1S/C10H7BrNO.Y/c11-8-1-2-10-9(5-8)7(3-4-13)6-12-10;/h1-2,5-6,12H,3H2;/q-1;. The van der Waals surface area contributed by atoms with Crippen molar-refractivity contribution >= 4 is 33.1 Å². The third-order valence-electron chi connectivity index (χ3n) is 1.99. The van der Waals surface area contributed by atoms with Crippen LogP contribution in [0, 0.1) is 0 Å². The van der Waals surface area contributed by atoms with Crippen LogP contribution in [0.5, 0.6) is 0 Å². The number of hydrogen-bond donors (Lipinski definition) is 1. The van der Waals surface area contributed by atoms with Crippen LogP contribution in [-0.2, 0) is 43.9 Å². The van der Waals surface area contributed by atoms with E-state index >= 15 is 0 Å². The molecule has 0 saturated heterocycles. The molecule has 0 fully saturated rings. The summed E-state index contributed by atoms with van der Waals surface area (Å²) in [7, 11) is 0. The van der Waals surface area contributed by atoms with Crippen molar-refractivity contribution in [3.8, 4) is 0 Å². The molecule has 1 radical (unpaired) electrons. The van der Waals surface area contributed by atoms with Crippen molar-refractivity contribution < 1.29 is 37.5 Å². The zero-order valence-corrected chi connectivity index (χ0v) is 11.8. The zero-order chi connectivity index (χ0) is 9.26. The number of H-pyrrole nitrogens is 1. The van der Waals surface area contributed by atoms with Crippen LogP contribution in [0.3, 0.4) is 0 Å². The Balaban J connectivity index is 0.000000980. The molecule has 1 aromatic heterocycles. The molecule has 0 aliphatic heterocycles. The van der Waals surface area contributed by atoms with Crippen molar-refractivity contribution in [2.45, 2.75) is 6.42 Å². The molecule has 0 spiro atoms. The summed E-state index contributed by atoms with van der Waals surface area (Å²) in [5.74, 6) is 0. The van der Waals surface area contributed by atoms with E-state index in [1.165, 1.54) is 0 Å². The maximum absolute atomic E-state index is 10.3. The van der Waals surface area contributed by atoms with Crippen LogP contribution in [0.15, 0.2) is 28.9 Å². The smallest absolute Gasteiger partial charge is 0.0456 e. The van der Waals surface area contributed by atoms with Gasteiger partial charge in [0.25, 0.3) is 0 Å². The first-order valence-corrected chi connectivity index (χ1v) is 4.71. The maximum atomic E-state index is 10.3. The van der Waals surface area contributed by atoms with E-state index < -0.39 is 0 Å². The van der Waals surface area contributed by atoms with Crippen LogP contribution < -0.4 is 0 Å². The minimum Gasteiger partial charge on any atom is -0.541 e. The van der Waals surface area contributed by atoms with Crippen molar-refractivity contribution in [1.82, 2.24) is 4.98 Å². The normalized spacial score (nSPS) is 9.79. The summed E-state index contributed by atoms with van der Waals surface area (Å²) in [6, 6.07) is 5.94. The Hall–Kier alpha value is 0.0139. The van der Waals surface area contributed by atoms with Crippen LogP contribution in [0.4, 0.5) is 0 Å². The van der Waals surface area contributed by atoms with E-state index in [9.17, 15) is 4.79 Å². The first-order chi connectivity index (χ1) is 6.31. The molecule has 2 aromatic rings. The largest absolute Gasteiger partial charge is 0.541 e. The molecular formula is C10H7BrNOY-. The summed E-state index contributed by atoms with van der Waals surface area (Å²) in [6.07, 6.45) is 4.09. The fourth-order valence-electron chi connectivity index (χ4n) is 1.37. The van der Waals surface area contributed by atoms with Gasteiger partial charge in [0.2, 0.25) is 0 Å². The average molecular weight is 326 g/mol. The second-order valence-corrected chi connectivity index (χ2v) is 3.74. The van der Waals surface area contributed by atoms with Gasteiger partial charge in [-0.3, -0.25) is 6.29 Å². The molecule has 0 atom stereocenters. The predicted molar refractivity (Wildman–Crippen MR) is 55.4 cm³/mol. The van der Waals surface area contributed by atoms with Gasteiger partial charge in [-0.05, 0) is 23.8 Å². The maximum Gasteiger partial charge on any atom is 0.0456 e. The fraction of sp³-hybridized carbons (Fsp3) is 0.100. The summed E-state index contributed by atoms with van der Waals surface area (Å²) in [5.41, 5.74) is 2.04. The number of hydrogen-bond acceptors (Lipinski definition) is 1. The molecule has 0 unspecified atom stereocenters. The first-order valence-electron chi connectivity index (χ1n) is 3.92. The molecule has 69 valence electrons. The molecular weight excluding hydrogens is 319 g/mol. The monoisotopic (exact) mass is 325 g/mol. The Morgan fingerprint density at radius 3 is 2.93 bits per heavy atom. The number of nitrogens with one attached hydrogen (secondary N) is 1. The van der Waals surface area contributed by atoms with Crippen molar-refractivity contribution in [3.05, 3.63) is 34.4 Å². The van der Waals surface area contributed by atoms with E-state index in [0.29, 0.717) is 6.42 Å². The van der Waals surface area contributed by atoms with E-state index in [0.717, 1.165) is 20.9 Å². The van der Waals surface area contributed by atoms with Gasteiger partial charge in [0.05, 0.1) is 0 Å². The van der Waals surface area contributed by atoms with Crippen molar-refractivity contribution in [2.24, 2.45) is 0 Å². The molecule has 0 aliphatic rings. The van der Waals surface area contributed by atoms with Gasteiger partial charge in [-0.25, -0.2) is 0 Å². The zero-order valence-electron chi connectivity index (χ0n) is 7.38. The summed E-state index contributed by atoms with van der Waals surface area (Å²) in [6.45, 7) is 0. The second-order valence-electron chi connectivity index (χ2n) is 2.82. The Kier molecular flexibility index (Phi) is 4.48. The first kappa shape index (κ1) is 12.1. The topological polar surface area (TPSA) is 32.9 Å². The Morgan fingerprint density at radius 1 is 1.43 bits per heavy atom. The summed E-state index contributed by atoms with van der Waals surface area (Å²) >= 11 is 3.39. The van der Waals surface area contributed by atoms with E-state index in [-0.39, 0.29) is 32.7 Å². The van der Waals surface area contributed by atoms with Crippen LogP contribution in [0.25, 0.3) is 10.9 Å². The quantitative estimate of drug-likeness (QED) is 0.846. The van der Waals surface area contributed by atoms with Crippen molar-refractivity contribution in [2.75, 3.05) is 0 Å². The van der Waals surface area contributed by atoms with Crippen LogP contribution in [0.2, 0.25) is 0 Å². The van der Waals surface area contributed by atoms with E-state index in [4.69, 9.17) is 0 Å². The van der Waals surface area contributed by atoms with Crippen LogP contribution >= 0.6 is 15.9 Å². The second kappa shape index (κ2) is 5.20. The SMILES string of the molecule is O=[C-]Cc1c[nH]c2ccc(Br)cc12.[Y]. The minimum atomic E-state index is 0. The van der Waals surface area contributed by atoms with Gasteiger partial charge in [0.1, 0.15) is 0 Å². The molecule has 4 heteroatoms. The number of aromatic nitrogens is 1. The molecule has 2 nitrogen and oxygen atoms in total. The molecule has 1 N–H and O–H groups in total. The van der Waals surface area contributed by atoms with Gasteiger partial charge < -0.3 is 9.78 Å². The van der Waals surface area contributed by atoms with E-state index in [1.807, 2.05) is 30.7 Å². The molecule has 2 rings (SSSR count). The summed E-state index contributed by atoms with van der Waals surface area (Å²) < 4.78 is 1.02. The van der Waals surface area contributed by atoms with Gasteiger partial charge >= 0.3 is 0 Å². The Morgan fingerprint density at radius 2 is 2.21 bits per heavy atom. The van der Waals surface area contributed by atoms with E-state index in [2.05, 4.69) is 20.9 Å². The average Bonchev–Trinajstić information content (AvgIpc) is 2.49. The summed E-state index contributed by atoms with van der Waals surface area (Å²) in [5, 5.41) is 1.08. The number of carbonyl (C=O) groups excluding carboxylic acids is 1. The molecule has 0 amide bonds. The van der Waals surface area contributed by atoms with Crippen molar-refractivity contribution in [3.63, 3.8) is 0 Å². The molecule has 1 aromatic carbocycles. The number of benzene rings is 1. The number of rotatable bonds is 2. The fourth-order valence-corrected chi connectivity index (χ4v) is 1.74. The molecule has 0 bridgehead atoms. The predicted octanol–water partition coefficient (Wildman–Crippen LogP) is 2.58. The third kappa shape index (κ3) is 2.33. The van der Waals surface area contributed by atoms with Gasteiger partial charge in [0, 0.05) is 54.3 Å². The van der Waals surface area contributed by atoms with Gasteiger partial charge in [0.15, 0.2) is 0 Å². The van der Waals surface area contributed by atoms with E-state index in [1.54, 1.807) is 0 Å².